The number of amides is 1. The average molecular weight is 368 g/mol. The van der Waals surface area contributed by atoms with E-state index in [4.69, 9.17) is 9.47 Å². The van der Waals surface area contributed by atoms with Crippen LogP contribution in [0.15, 0.2) is 24.3 Å². The lowest BCUT2D eigenvalue weighted by atomic mass is 10.1. The molecule has 4 rings (SSSR count). The highest BCUT2D eigenvalue weighted by atomic mass is 16.7. The molecule has 0 aliphatic carbocycles. The first-order valence-electron chi connectivity index (χ1n) is 9.42. The number of carbonyl (C=O) groups is 1. The molecular weight excluding hydrogens is 344 g/mol. The lowest BCUT2D eigenvalue weighted by Crippen LogP contribution is -2.32. The van der Waals surface area contributed by atoms with E-state index >= 15 is 0 Å². The summed E-state index contributed by atoms with van der Waals surface area (Å²) in [7, 11) is 0. The van der Waals surface area contributed by atoms with Crippen LogP contribution in [0.2, 0.25) is 0 Å². The van der Waals surface area contributed by atoms with Crippen molar-refractivity contribution < 1.29 is 14.3 Å². The van der Waals surface area contributed by atoms with E-state index in [2.05, 4.69) is 20.2 Å². The van der Waals surface area contributed by atoms with E-state index in [0.717, 1.165) is 41.7 Å². The average Bonchev–Trinajstić information content (AvgIpc) is 3.14. The van der Waals surface area contributed by atoms with Gasteiger partial charge in [0.2, 0.25) is 18.6 Å². The van der Waals surface area contributed by atoms with E-state index in [-0.39, 0.29) is 12.7 Å². The first-order valence-corrected chi connectivity index (χ1v) is 9.42. The predicted molar refractivity (Wildman–Crippen MR) is 101 cm³/mol. The quantitative estimate of drug-likeness (QED) is 0.873. The third-order valence-electron chi connectivity index (χ3n) is 4.80. The molecule has 1 N–H and O–H groups in total. The van der Waals surface area contributed by atoms with Gasteiger partial charge in [0.05, 0.1) is 18.7 Å². The van der Waals surface area contributed by atoms with Crippen molar-refractivity contribution in [2.45, 2.75) is 39.2 Å². The molecule has 1 saturated heterocycles. The molecule has 0 bridgehead atoms. The molecule has 1 aromatic heterocycles. The van der Waals surface area contributed by atoms with Gasteiger partial charge in [-0.1, -0.05) is 6.07 Å². The normalized spacial score (nSPS) is 15.7. The minimum Gasteiger partial charge on any atom is -0.454 e. The second-order valence-electron chi connectivity index (χ2n) is 6.99. The molecule has 0 radical (unpaired) electrons. The van der Waals surface area contributed by atoms with Crippen molar-refractivity contribution in [3.63, 3.8) is 0 Å². The molecule has 0 unspecified atom stereocenters. The lowest BCUT2D eigenvalue weighted by Gasteiger charge is -2.27. The summed E-state index contributed by atoms with van der Waals surface area (Å²) in [5.41, 5.74) is 2.65. The number of carbonyl (C=O) groups excluding carboxylic acids is 1. The zero-order valence-electron chi connectivity index (χ0n) is 15.5. The van der Waals surface area contributed by atoms with Crippen molar-refractivity contribution in [2.24, 2.45) is 0 Å². The molecule has 7 nitrogen and oxygen atoms in total. The molecule has 0 spiro atoms. The third-order valence-corrected chi connectivity index (χ3v) is 4.80. The number of nitrogens with one attached hydrogen (secondary N) is 1. The second kappa shape index (κ2) is 7.82. The number of fused-ring (bicyclic) bond motifs is 1. The number of hydrogen-bond donors (Lipinski definition) is 1. The van der Waals surface area contributed by atoms with E-state index in [1.807, 2.05) is 31.2 Å². The number of nitrogens with zero attached hydrogens (tertiary/aromatic N) is 3. The van der Waals surface area contributed by atoms with E-state index in [9.17, 15) is 4.79 Å². The highest BCUT2D eigenvalue weighted by molar-refractivity contribution is 5.78. The topological polar surface area (TPSA) is 76.6 Å². The minimum absolute atomic E-state index is 0.0512. The smallest absolute Gasteiger partial charge is 0.231 e. The zero-order chi connectivity index (χ0) is 18.6. The van der Waals surface area contributed by atoms with Crippen LogP contribution in [0.4, 0.5) is 5.95 Å². The van der Waals surface area contributed by atoms with E-state index in [1.54, 1.807) is 0 Å². The SMILES string of the molecule is Cc1cc(CNC(=O)Cc2ccc3c(c2)OCO3)nc(N2CCCCC2)n1. The lowest BCUT2D eigenvalue weighted by molar-refractivity contribution is -0.120. The largest absolute Gasteiger partial charge is 0.454 e. The van der Waals surface area contributed by atoms with Crippen molar-refractivity contribution in [1.82, 2.24) is 15.3 Å². The number of ether oxygens (including phenoxy) is 2. The first-order chi connectivity index (χ1) is 13.2. The second-order valence-corrected chi connectivity index (χ2v) is 6.99. The number of anilines is 1. The molecule has 2 aliphatic rings. The molecule has 1 aromatic carbocycles. The Kier molecular flexibility index (Phi) is 5.09. The monoisotopic (exact) mass is 368 g/mol. The summed E-state index contributed by atoms with van der Waals surface area (Å²) in [5, 5.41) is 2.95. The van der Waals surface area contributed by atoms with Crippen LogP contribution in [-0.2, 0) is 17.8 Å². The maximum atomic E-state index is 12.3. The van der Waals surface area contributed by atoms with Gasteiger partial charge in [-0.2, -0.15) is 0 Å². The van der Waals surface area contributed by atoms with Gasteiger partial charge in [-0.15, -0.1) is 0 Å². The van der Waals surface area contributed by atoms with Crippen LogP contribution in [0.25, 0.3) is 0 Å². The standard InChI is InChI=1S/C20H24N4O3/c1-14-9-16(23-20(22-14)24-7-3-2-4-8-24)12-21-19(25)11-15-5-6-17-18(10-15)27-13-26-17/h5-6,9-10H,2-4,7-8,11-13H2,1H3,(H,21,25). The van der Waals surface area contributed by atoms with Crippen molar-refractivity contribution in [3.8, 4) is 11.5 Å². The fraction of sp³-hybridized carbons (Fsp3) is 0.450. The minimum atomic E-state index is -0.0512. The summed E-state index contributed by atoms with van der Waals surface area (Å²) >= 11 is 0. The Bertz CT molecular complexity index is 834. The molecule has 142 valence electrons. The van der Waals surface area contributed by atoms with Gasteiger partial charge >= 0.3 is 0 Å². The van der Waals surface area contributed by atoms with E-state index in [1.165, 1.54) is 19.3 Å². The van der Waals surface area contributed by atoms with Gasteiger partial charge < -0.3 is 19.7 Å². The zero-order valence-corrected chi connectivity index (χ0v) is 15.5. The van der Waals surface area contributed by atoms with Crippen LogP contribution < -0.4 is 19.7 Å². The van der Waals surface area contributed by atoms with Crippen LogP contribution >= 0.6 is 0 Å². The molecule has 2 aromatic rings. The number of aryl methyl sites for hydroxylation is 1. The molecule has 1 fully saturated rings. The Hall–Kier alpha value is -2.83. The highest BCUT2D eigenvalue weighted by Crippen LogP contribution is 2.32. The Balaban J connectivity index is 1.36. The summed E-state index contributed by atoms with van der Waals surface area (Å²) in [4.78, 5) is 23.8. The predicted octanol–water partition coefficient (Wildman–Crippen LogP) is 2.36. The molecule has 2 aliphatic heterocycles. The van der Waals surface area contributed by atoms with Crippen molar-refractivity contribution in [3.05, 3.63) is 41.2 Å². The fourth-order valence-corrected chi connectivity index (χ4v) is 3.43. The summed E-state index contributed by atoms with van der Waals surface area (Å²) in [5.74, 6) is 2.14. The fourth-order valence-electron chi connectivity index (χ4n) is 3.43. The molecule has 0 atom stereocenters. The van der Waals surface area contributed by atoms with Gasteiger partial charge in [0.1, 0.15) is 0 Å². The van der Waals surface area contributed by atoms with Gasteiger partial charge in [0.15, 0.2) is 11.5 Å². The summed E-state index contributed by atoms with van der Waals surface area (Å²) < 4.78 is 10.7. The molecular formula is C20H24N4O3. The Morgan fingerprint density at radius 2 is 1.93 bits per heavy atom. The van der Waals surface area contributed by atoms with Gasteiger partial charge in [-0.25, -0.2) is 9.97 Å². The summed E-state index contributed by atoms with van der Waals surface area (Å²) in [6.07, 6.45) is 3.92. The molecule has 27 heavy (non-hydrogen) atoms. The number of rotatable bonds is 5. The molecule has 1 amide bonds. The summed E-state index contributed by atoms with van der Waals surface area (Å²) in [6.45, 7) is 4.59. The molecule has 0 saturated carbocycles. The number of aromatic nitrogens is 2. The Labute approximate surface area is 158 Å². The van der Waals surface area contributed by atoms with Crippen LogP contribution in [-0.4, -0.2) is 35.8 Å². The maximum absolute atomic E-state index is 12.3. The van der Waals surface area contributed by atoms with Crippen molar-refractivity contribution in [2.75, 3.05) is 24.8 Å². The van der Waals surface area contributed by atoms with Crippen LogP contribution in [0.1, 0.15) is 36.2 Å². The highest BCUT2D eigenvalue weighted by Gasteiger charge is 2.16. The Morgan fingerprint density at radius 3 is 2.78 bits per heavy atom. The Morgan fingerprint density at radius 1 is 1.11 bits per heavy atom. The van der Waals surface area contributed by atoms with Gasteiger partial charge in [0, 0.05) is 18.8 Å². The number of piperidine rings is 1. The van der Waals surface area contributed by atoms with Crippen LogP contribution in [0, 0.1) is 6.92 Å². The van der Waals surface area contributed by atoms with Crippen molar-refractivity contribution >= 4 is 11.9 Å². The first kappa shape index (κ1) is 17.6. The summed E-state index contributed by atoms with van der Waals surface area (Å²) in [6, 6.07) is 7.50. The maximum Gasteiger partial charge on any atom is 0.231 e. The number of hydrogen-bond acceptors (Lipinski definition) is 6. The van der Waals surface area contributed by atoms with E-state index < -0.39 is 0 Å². The van der Waals surface area contributed by atoms with E-state index in [0.29, 0.717) is 18.7 Å². The van der Waals surface area contributed by atoms with Crippen LogP contribution in [0.3, 0.4) is 0 Å². The van der Waals surface area contributed by atoms with Gasteiger partial charge in [-0.3, -0.25) is 4.79 Å². The molecule has 3 heterocycles. The van der Waals surface area contributed by atoms with Crippen LogP contribution in [0.5, 0.6) is 11.5 Å². The van der Waals surface area contributed by atoms with Crippen molar-refractivity contribution in [1.29, 1.82) is 0 Å². The number of benzene rings is 1. The van der Waals surface area contributed by atoms with Gasteiger partial charge in [-0.05, 0) is 49.9 Å². The molecule has 7 heteroatoms. The van der Waals surface area contributed by atoms with Gasteiger partial charge in [0.25, 0.3) is 0 Å². The third kappa shape index (κ3) is 4.30.